The summed E-state index contributed by atoms with van der Waals surface area (Å²) in [7, 11) is 0. The molecule has 138 valence electrons. The molecule has 0 aromatic rings. The van der Waals surface area contributed by atoms with E-state index in [9.17, 15) is 14.4 Å². The molecule has 3 atom stereocenters. The number of hydrogen-bond acceptors (Lipinski definition) is 6. The number of hydrogen-bond donors (Lipinski definition) is 3. The monoisotopic (exact) mass is 583 g/mol. The second kappa shape index (κ2) is 16.1. The van der Waals surface area contributed by atoms with E-state index in [1.165, 1.54) is 36.5 Å². The van der Waals surface area contributed by atoms with E-state index in [2.05, 4.69) is 37.9 Å². The van der Waals surface area contributed by atoms with E-state index in [1.807, 2.05) is 35.3 Å². The number of thioether (sulfide) groups is 3. The van der Waals surface area contributed by atoms with E-state index >= 15 is 0 Å². The summed E-state index contributed by atoms with van der Waals surface area (Å²) in [6.07, 6.45) is 5.60. The quantitative estimate of drug-likeness (QED) is 0.411. The van der Waals surface area contributed by atoms with Crippen LogP contribution in [-0.4, -0.2) is 48.4 Å². The summed E-state index contributed by atoms with van der Waals surface area (Å²) in [4.78, 5) is 30.9. The molecule has 0 N–H and O–H groups in total. The molecule has 3 heterocycles. The van der Waals surface area contributed by atoms with Gasteiger partial charge in [0.25, 0.3) is 0 Å². The van der Waals surface area contributed by atoms with Crippen LogP contribution in [0.2, 0.25) is 0 Å². The van der Waals surface area contributed by atoms with Crippen molar-refractivity contribution >= 4 is 88.5 Å². The van der Waals surface area contributed by atoms with Crippen molar-refractivity contribution in [3.8, 4) is 0 Å². The molecule has 0 aliphatic carbocycles. The van der Waals surface area contributed by atoms with E-state index in [4.69, 9.17) is 0 Å². The molecule has 3 aliphatic rings. The number of thiol groups is 3. The third-order valence-electron chi connectivity index (χ3n) is 3.59. The summed E-state index contributed by atoms with van der Waals surface area (Å²) < 4.78 is 0. The Morgan fingerprint density at radius 2 is 0.840 bits per heavy atom. The summed E-state index contributed by atoms with van der Waals surface area (Å²) in [6.45, 7) is 0. The topological polar surface area (TPSA) is 51.2 Å². The van der Waals surface area contributed by atoms with Crippen LogP contribution in [-0.2, 0) is 14.4 Å². The molecule has 3 nitrogen and oxygen atoms in total. The minimum absolute atomic E-state index is 0. The Bertz CT molecular complexity index is 364. The largest absolute Gasteiger partial charge is 3.00 e. The van der Waals surface area contributed by atoms with Crippen LogP contribution in [0.3, 0.4) is 0 Å². The molecule has 0 aromatic carbocycles. The summed E-state index contributed by atoms with van der Waals surface area (Å²) in [6, 6.07) is 0. The van der Waals surface area contributed by atoms with Crippen molar-refractivity contribution in [2.75, 3.05) is 17.3 Å². The van der Waals surface area contributed by atoms with Gasteiger partial charge in [0.1, 0.15) is 0 Å². The second-order valence-electron chi connectivity index (χ2n) is 5.64. The number of carbonyl (C=O) groups is 3. The molecular formula is C15H24LaO3S6+3. The van der Waals surface area contributed by atoms with E-state index in [1.54, 1.807) is 0 Å². The fraction of sp³-hybridized carbons (Fsp3) is 0.800. The maximum atomic E-state index is 10.3. The molecule has 3 fully saturated rings. The molecule has 0 spiro atoms. The zero-order valence-electron chi connectivity index (χ0n) is 14.0. The summed E-state index contributed by atoms with van der Waals surface area (Å²) in [5.74, 6) is 3.68. The zero-order chi connectivity index (χ0) is 17.9. The standard InChI is InChI=1S/3C5H8OS2.La/c3*6-5(7)3-4-1-2-8-4;/h3*4H,1-3H2,(H,6,7);/q;;;+3. The minimum atomic E-state index is 0. The average Bonchev–Trinajstić information content (AvgIpc) is 2.35. The average molecular weight is 584 g/mol. The van der Waals surface area contributed by atoms with Crippen molar-refractivity contribution < 1.29 is 50.0 Å². The van der Waals surface area contributed by atoms with E-state index < -0.39 is 0 Å². The van der Waals surface area contributed by atoms with Crippen LogP contribution in [0.25, 0.3) is 0 Å². The number of carbonyl (C=O) groups excluding carboxylic acids is 3. The summed E-state index contributed by atoms with van der Waals surface area (Å²) in [5.41, 5.74) is 0. The SMILES string of the molecule is O=C(S)CC1CCS1.O=C(S)CC1CCS1.O=C(S)CC1CCS1.[La+3]. The predicted molar refractivity (Wildman–Crippen MR) is 118 cm³/mol. The van der Waals surface area contributed by atoms with Crippen LogP contribution in [0.1, 0.15) is 38.5 Å². The Morgan fingerprint density at radius 1 is 0.640 bits per heavy atom. The van der Waals surface area contributed by atoms with Crippen LogP contribution >= 0.6 is 73.2 Å². The predicted octanol–water partition coefficient (Wildman–Crippen LogP) is 4.02. The first-order valence-corrected chi connectivity index (χ1v) is 12.4. The molecule has 0 saturated carbocycles. The van der Waals surface area contributed by atoms with Crippen LogP contribution < -0.4 is 0 Å². The Morgan fingerprint density at radius 3 is 0.880 bits per heavy atom. The van der Waals surface area contributed by atoms with Gasteiger partial charge in [-0.2, -0.15) is 35.3 Å². The third kappa shape index (κ3) is 14.9. The summed E-state index contributed by atoms with van der Waals surface area (Å²) >= 11 is 16.6. The summed E-state index contributed by atoms with van der Waals surface area (Å²) in [5, 5.41) is 1.88. The van der Waals surface area contributed by atoms with Crippen LogP contribution in [0.5, 0.6) is 0 Å². The Balaban J connectivity index is 0.000000339. The molecular weight excluding hydrogens is 559 g/mol. The van der Waals surface area contributed by atoms with Gasteiger partial charge in [0.2, 0.25) is 0 Å². The van der Waals surface area contributed by atoms with Crippen molar-refractivity contribution in [2.24, 2.45) is 0 Å². The smallest absolute Gasteiger partial charge is 0.287 e. The van der Waals surface area contributed by atoms with Crippen molar-refractivity contribution in [3.05, 3.63) is 0 Å². The first kappa shape index (κ1) is 27.3. The molecule has 3 unspecified atom stereocenters. The van der Waals surface area contributed by atoms with E-state index in [0.29, 0.717) is 35.0 Å². The van der Waals surface area contributed by atoms with Crippen molar-refractivity contribution in [1.29, 1.82) is 0 Å². The van der Waals surface area contributed by atoms with Gasteiger partial charge in [0, 0.05) is 35.0 Å². The van der Waals surface area contributed by atoms with Crippen molar-refractivity contribution in [3.63, 3.8) is 0 Å². The maximum absolute atomic E-state index is 10.3. The van der Waals surface area contributed by atoms with Crippen LogP contribution in [0.4, 0.5) is 0 Å². The molecule has 25 heavy (non-hydrogen) atoms. The zero-order valence-corrected chi connectivity index (χ0v) is 22.7. The van der Waals surface area contributed by atoms with Gasteiger partial charge in [0.05, 0.1) is 0 Å². The first-order chi connectivity index (χ1) is 11.4. The Kier molecular flexibility index (Phi) is 17.6. The molecule has 0 radical (unpaired) electrons. The van der Waals surface area contributed by atoms with E-state index in [0.717, 1.165) is 0 Å². The second-order valence-corrected chi connectivity index (χ2v) is 11.4. The molecule has 0 amide bonds. The maximum Gasteiger partial charge on any atom is 3.00 e. The van der Waals surface area contributed by atoms with Gasteiger partial charge in [0.15, 0.2) is 15.3 Å². The Labute approximate surface area is 207 Å². The fourth-order valence-electron chi connectivity index (χ4n) is 1.92. The molecule has 3 rings (SSSR count). The van der Waals surface area contributed by atoms with Crippen LogP contribution in [0, 0.1) is 35.6 Å². The molecule has 3 saturated heterocycles. The van der Waals surface area contributed by atoms with Gasteiger partial charge in [-0.05, 0) is 36.5 Å². The van der Waals surface area contributed by atoms with Crippen molar-refractivity contribution in [1.82, 2.24) is 0 Å². The molecule has 3 aliphatic heterocycles. The van der Waals surface area contributed by atoms with Crippen LogP contribution in [0.15, 0.2) is 0 Å². The fourth-order valence-corrected chi connectivity index (χ4v) is 5.47. The molecule has 10 heteroatoms. The first-order valence-electron chi connectivity index (χ1n) is 7.87. The van der Waals surface area contributed by atoms with E-state index in [-0.39, 0.29) is 50.9 Å². The third-order valence-corrected chi connectivity index (χ3v) is 8.17. The van der Waals surface area contributed by atoms with Gasteiger partial charge >= 0.3 is 35.6 Å². The Hall–Kier alpha value is 2.30. The van der Waals surface area contributed by atoms with Gasteiger partial charge in [-0.25, -0.2) is 0 Å². The molecule has 0 aromatic heterocycles. The van der Waals surface area contributed by atoms with Gasteiger partial charge < -0.3 is 0 Å². The van der Waals surface area contributed by atoms with Gasteiger partial charge in [-0.3, -0.25) is 14.4 Å². The number of rotatable bonds is 6. The molecule has 0 bridgehead atoms. The normalized spacial score (nSPS) is 25.8. The van der Waals surface area contributed by atoms with Gasteiger partial charge in [-0.15, -0.1) is 37.9 Å². The minimum Gasteiger partial charge on any atom is -0.287 e. The van der Waals surface area contributed by atoms with Gasteiger partial charge in [-0.1, -0.05) is 0 Å². The van der Waals surface area contributed by atoms with Crippen molar-refractivity contribution in [2.45, 2.75) is 54.3 Å².